The summed E-state index contributed by atoms with van der Waals surface area (Å²) in [5.41, 5.74) is 2.43. The van der Waals surface area contributed by atoms with Crippen molar-refractivity contribution in [1.82, 2.24) is 14.9 Å². The van der Waals surface area contributed by atoms with Crippen molar-refractivity contribution in [2.75, 3.05) is 6.54 Å². The van der Waals surface area contributed by atoms with Gasteiger partial charge in [-0.3, -0.25) is 0 Å². The number of aryl methyl sites for hydroxylation is 2. The fourth-order valence-electron chi connectivity index (χ4n) is 2.96. The van der Waals surface area contributed by atoms with Crippen molar-refractivity contribution in [3.63, 3.8) is 0 Å². The summed E-state index contributed by atoms with van der Waals surface area (Å²) in [6, 6.07) is 9.14. The van der Waals surface area contributed by atoms with Crippen LogP contribution in [0, 0.1) is 0 Å². The molecule has 21 heavy (non-hydrogen) atoms. The van der Waals surface area contributed by atoms with Crippen LogP contribution >= 0.6 is 0 Å². The van der Waals surface area contributed by atoms with E-state index in [1.54, 1.807) is 0 Å². The van der Waals surface area contributed by atoms with E-state index in [-0.39, 0.29) is 0 Å². The summed E-state index contributed by atoms with van der Waals surface area (Å²) in [5, 5.41) is 3.48. The van der Waals surface area contributed by atoms with Crippen molar-refractivity contribution < 1.29 is 0 Å². The number of benzene rings is 1. The highest BCUT2D eigenvalue weighted by molar-refractivity contribution is 5.75. The first-order valence-corrected chi connectivity index (χ1v) is 8.43. The molecule has 1 aromatic heterocycles. The monoisotopic (exact) mass is 287 g/mol. The summed E-state index contributed by atoms with van der Waals surface area (Å²) in [5.74, 6) is 1.25. The largest absolute Gasteiger partial charge is 0.328 e. The molecule has 0 bridgehead atoms. The average Bonchev–Trinajstić information content (AvgIpc) is 2.82. The predicted octanol–water partition coefficient (Wildman–Crippen LogP) is 4.16. The van der Waals surface area contributed by atoms with Crippen LogP contribution in [0.1, 0.15) is 52.3 Å². The maximum atomic E-state index is 4.80. The van der Waals surface area contributed by atoms with Gasteiger partial charge in [0.25, 0.3) is 0 Å². The summed E-state index contributed by atoms with van der Waals surface area (Å²) < 4.78 is 2.43. The lowest BCUT2D eigenvalue weighted by Gasteiger charge is -2.13. The molecule has 0 fully saturated rings. The molecule has 1 N–H and O–H groups in total. The van der Waals surface area contributed by atoms with E-state index in [0.717, 1.165) is 31.4 Å². The fourth-order valence-corrected chi connectivity index (χ4v) is 2.96. The molecule has 2 rings (SSSR count). The minimum atomic E-state index is 0.629. The highest BCUT2D eigenvalue weighted by Gasteiger charge is 2.09. The second-order valence-electron chi connectivity index (χ2n) is 5.87. The number of imidazole rings is 1. The summed E-state index contributed by atoms with van der Waals surface area (Å²) in [6.45, 7) is 8.83. The zero-order chi connectivity index (χ0) is 15.1. The van der Waals surface area contributed by atoms with Crippen molar-refractivity contribution in [3.8, 4) is 0 Å². The second kappa shape index (κ2) is 8.18. The van der Waals surface area contributed by atoms with Crippen LogP contribution in [0.15, 0.2) is 24.3 Å². The second-order valence-corrected chi connectivity index (χ2v) is 5.87. The zero-order valence-corrected chi connectivity index (χ0v) is 13.7. The smallest absolute Gasteiger partial charge is 0.109 e. The van der Waals surface area contributed by atoms with Gasteiger partial charge in [-0.15, -0.1) is 0 Å². The van der Waals surface area contributed by atoms with Gasteiger partial charge in [0.15, 0.2) is 0 Å². The highest BCUT2D eigenvalue weighted by atomic mass is 15.1. The molecule has 3 heteroatoms. The van der Waals surface area contributed by atoms with E-state index in [4.69, 9.17) is 4.98 Å². The van der Waals surface area contributed by atoms with Gasteiger partial charge in [-0.05, 0) is 44.9 Å². The van der Waals surface area contributed by atoms with Crippen LogP contribution in [0.5, 0.6) is 0 Å². The Kier molecular flexibility index (Phi) is 6.24. The van der Waals surface area contributed by atoms with Crippen molar-refractivity contribution in [1.29, 1.82) is 0 Å². The quantitative estimate of drug-likeness (QED) is 0.702. The minimum Gasteiger partial charge on any atom is -0.328 e. The van der Waals surface area contributed by atoms with Gasteiger partial charge in [0.2, 0.25) is 0 Å². The van der Waals surface area contributed by atoms with Crippen molar-refractivity contribution >= 4 is 11.0 Å². The lowest BCUT2D eigenvalue weighted by Crippen LogP contribution is -2.25. The van der Waals surface area contributed by atoms with Gasteiger partial charge in [-0.25, -0.2) is 4.98 Å². The Bertz CT molecular complexity index is 544. The molecule has 0 aliphatic carbocycles. The summed E-state index contributed by atoms with van der Waals surface area (Å²) in [4.78, 5) is 4.80. The minimum absolute atomic E-state index is 0.629. The van der Waals surface area contributed by atoms with Gasteiger partial charge in [0.1, 0.15) is 5.82 Å². The van der Waals surface area contributed by atoms with Gasteiger partial charge in [0.05, 0.1) is 11.0 Å². The summed E-state index contributed by atoms with van der Waals surface area (Å²) in [6.07, 6.45) is 5.98. The molecule has 0 saturated carbocycles. The fraction of sp³-hybridized carbons (Fsp3) is 0.611. The van der Waals surface area contributed by atoms with Crippen LogP contribution in [0.4, 0.5) is 0 Å². The molecule has 0 amide bonds. The number of hydrogen-bond donors (Lipinski definition) is 1. The molecule has 1 heterocycles. The molecule has 116 valence electrons. The maximum absolute atomic E-state index is 4.80. The van der Waals surface area contributed by atoms with Crippen LogP contribution in [0.3, 0.4) is 0 Å². The molecule has 2 aromatic rings. The number of hydrogen-bond acceptors (Lipinski definition) is 2. The van der Waals surface area contributed by atoms with E-state index in [2.05, 4.69) is 54.9 Å². The molecule has 0 aliphatic rings. The molecule has 0 spiro atoms. The van der Waals surface area contributed by atoms with Crippen LogP contribution in [-0.4, -0.2) is 22.1 Å². The van der Waals surface area contributed by atoms with Gasteiger partial charge in [0, 0.05) is 19.0 Å². The normalized spacial score (nSPS) is 12.9. The van der Waals surface area contributed by atoms with Crippen molar-refractivity contribution in [2.24, 2.45) is 0 Å². The molecule has 1 aromatic carbocycles. The number of unbranched alkanes of at least 4 members (excludes halogenated alkanes) is 1. The third-order valence-corrected chi connectivity index (χ3v) is 4.03. The van der Waals surface area contributed by atoms with Crippen LogP contribution in [0.2, 0.25) is 0 Å². The van der Waals surface area contributed by atoms with E-state index in [1.165, 1.54) is 30.6 Å². The Balaban J connectivity index is 1.98. The van der Waals surface area contributed by atoms with Gasteiger partial charge in [-0.1, -0.05) is 32.4 Å². The summed E-state index contributed by atoms with van der Waals surface area (Å²) >= 11 is 0. The van der Waals surface area contributed by atoms with Crippen LogP contribution < -0.4 is 5.32 Å². The molecule has 0 radical (unpaired) electrons. The van der Waals surface area contributed by atoms with E-state index < -0.39 is 0 Å². The molecule has 1 unspecified atom stereocenters. The Morgan fingerprint density at radius 1 is 1.19 bits per heavy atom. The van der Waals surface area contributed by atoms with Crippen molar-refractivity contribution in [2.45, 2.75) is 65.5 Å². The molecular formula is C18H29N3. The topological polar surface area (TPSA) is 29.9 Å². The third-order valence-electron chi connectivity index (χ3n) is 4.03. The Morgan fingerprint density at radius 3 is 2.76 bits per heavy atom. The lowest BCUT2D eigenvalue weighted by atomic mass is 10.1. The van der Waals surface area contributed by atoms with Crippen molar-refractivity contribution in [3.05, 3.63) is 30.1 Å². The predicted molar refractivity (Wildman–Crippen MR) is 90.7 cm³/mol. The number of nitrogens with zero attached hydrogens (tertiary/aromatic N) is 2. The SMILES string of the molecule is CCCc1nc2ccccc2n1CCCCC(C)NCC. The Morgan fingerprint density at radius 2 is 2.00 bits per heavy atom. The first-order valence-electron chi connectivity index (χ1n) is 8.43. The molecule has 0 aliphatic heterocycles. The van der Waals surface area contributed by atoms with E-state index in [0.29, 0.717) is 6.04 Å². The lowest BCUT2D eigenvalue weighted by molar-refractivity contribution is 0.484. The van der Waals surface area contributed by atoms with E-state index in [9.17, 15) is 0 Å². The number of nitrogens with one attached hydrogen (secondary N) is 1. The molecule has 3 nitrogen and oxygen atoms in total. The van der Waals surface area contributed by atoms with Crippen LogP contribution in [-0.2, 0) is 13.0 Å². The number of para-hydroxylation sites is 2. The molecule has 1 atom stereocenters. The third kappa shape index (κ3) is 4.31. The van der Waals surface area contributed by atoms with Gasteiger partial charge in [-0.2, -0.15) is 0 Å². The van der Waals surface area contributed by atoms with Crippen LogP contribution in [0.25, 0.3) is 11.0 Å². The highest BCUT2D eigenvalue weighted by Crippen LogP contribution is 2.18. The first kappa shape index (κ1) is 16.0. The van der Waals surface area contributed by atoms with E-state index >= 15 is 0 Å². The number of rotatable bonds is 9. The first-order chi connectivity index (χ1) is 10.3. The number of aromatic nitrogens is 2. The molecule has 0 saturated heterocycles. The Hall–Kier alpha value is -1.35. The van der Waals surface area contributed by atoms with Gasteiger partial charge >= 0.3 is 0 Å². The standard InChI is InChI=1S/C18H29N3/c1-4-10-18-20-16-12-6-7-13-17(16)21(18)14-9-8-11-15(3)19-5-2/h6-7,12-13,15,19H,4-5,8-11,14H2,1-3H3. The Labute approximate surface area is 128 Å². The molecular weight excluding hydrogens is 258 g/mol. The summed E-state index contributed by atoms with van der Waals surface area (Å²) in [7, 11) is 0. The number of fused-ring (bicyclic) bond motifs is 1. The zero-order valence-electron chi connectivity index (χ0n) is 13.7. The van der Waals surface area contributed by atoms with E-state index in [1.807, 2.05) is 0 Å². The van der Waals surface area contributed by atoms with Gasteiger partial charge < -0.3 is 9.88 Å². The maximum Gasteiger partial charge on any atom is 0.109 e. The average molecular weight is 287 g/mol.